The number of para-hydroxylation sites is 1. The van der Waals surface area contributed by atoms with E-state index in [1.165, 1.54) is 0 Å². The number of methoxy groups -OCH3 is 1. The molecule has 0 radical (unpaired) electrons. The third kappa shape index (κ3) is 3.84. The Hall–Kier alpha value is -3.02. The number of hydrogen-bond donors (Lipinski definition) is 0. The van der Waals surface area contributed by atoms with Gasteiger partial charge in [-0.25, -0.2) is 0 Å². The van der Waals surface area contributed by atoms with Crippen molar-refractivity contribution in [3.63, 3.8) is 0 Å². The predicted octanol–water partition coefficient (Wildman–Crippen LogP) is 3.54. The summed E-state index contributed by atoms with van der Waals surface area (Å²) in [7, 11) is 1.63. The standard InChI is InChI=1S/C18H18N2O4/c1-13-15(21-2)9-6-10-16(13)23-12-18-19-17(20-24-18)11-22-14-7-4-3-5-8-14/h3-10H,11-12H2,1-2H3. The summed E-state index contributed by atoms with van der Waals surface area (Å²) in [6.45, 7) is 2.36. The Kier molecular flexibility index (Phi) is 4.96. The molecule has 124 valence electrons. The van der Waals surface area contributed by atoms with Gasteiger partial charge < -0.3 is 18.7 Å². The van der Waals surface area contributed by atoms with Gasteiger partial charge in [0.15, 0.2) is 13.2 Å². The van der Waals surface area contributed by atoms with Crippen molar-refractivity contribution in [2.24, 2.45) is 0 Å². The molecule has 0 saturated carbocycles. The summed E-state index contributed by atoms with van der Waals surface area (Å²) in [5.74, 6) is 3.11. The van der Waals surface area contributed by atoms with Crippen molar-refractivity contribution in [2.75, 3.05) is 7.11 Å². The highest BCUT2D eigenvalue weighted by Gasteiger charge is 2.10. The lowest BCUT2D eigenvalue weighted by Crippen LogP contribution is -2.00. The maximum atomic E-state index is 5.72. The van der Waals surface area contributed by atoms with E-state index in [-0.39, 0.29) is 13.2 Å². The van der Waals surface area contributed by atoms with Gasteiger partial charge in [0.2, 0.25) is 5.82 Å². The second-order valence-electron chi connectivity index (χ2n) is 5.08. The zero-order valence-corrected chi connectivity index (χ0v) is 13.6. The van der Waals surface area contributed by atoms with E-state index in [2.05, 4.69) is 10.1 Å². The second-order valence-corrected chi connectivity index (χ2v) is 5.08. The van der Waals surface area contributed by atoms with E-state index in [0.717, 1.165) is 22.8 Å². The summed E-state index contributed by atoms with van der Waals surface area (Å²) in [4.78, 5) is 4.25. The molecule has 1 heterocycles. The maximum absolute atomic E-state index is 5.72. The van der Waals surface area contributed by atoms with Gasteiger partial charge in [-0.2, -0.15) is 4.98 Å². The number of hydrogen-bond acceptors (Lipinski definition) is 6. The molecule has 3 aromatic rings. The van der Waals surface area contributed by atoms with Crippen molar-refractivity contribution in [1.29, 1.82) is 0 Å². The fourth-order valence-electron chi connectivity index (χ4n) is 2.18. The molecule has 0 bridgehead atoms. The van der Waals surface area contributed by atoms with E-state index in [0.29, 0.717) is 11.7 Å². The van der Waals surface area contributed by atoms with Crippen LogP contribution in [0.15, 0.2) is 53.1 Å². The molecule has 0 aliphatic carbocycles. The van der Waals surface area contributed by atoms with Crippen molar-refractivity contribution in [2.45, 2.75) is 20.1 Å². The highest BCUT2D eigenvalue weighted by atomic mass is 16.5. The fourth-order valence-corrected chi connectivity index (χ4v) is 2.18. The van der Waals surface area contributed by atoms with Crippen LogP contribution >= 0.6 is 0 Å². The van der Waals surface area contributed by atoms with E-state index in [4.69, 9.17) is 18.7 Å². The molecule has 0 aliphatic heterocycles. The molecule has 1 aromatic heterocycles. The smallest absolute Gasteiger partial charge is 0.264 e. The lowest BCUT2D eigenvalue weighted by atomic mass is 10.2. The zero-order valence-electron chi connectivity index (χ0n) is 13.6. The Labute approximate surface area is 140 Å². The Morgan fingerprint density at radius 2 is 1.71 bits per heavy atom. The Balaban J connectivity index is 1.56. The summed E-state index contributed by atoms with van der Waals surface area (Å²) in [6, 6.07) is 15.1. The van der Waals surface area contributed by atoms with Crippen LogP contribution in [0.3, 0.4) is 0 Å². The van der Waals surface area contributed by atoms with Crippen molar-refractivity contribution < 1.29 is 18.7 Å². The van der Waals surface area contributed by atoms with Crippen LogP contribution in [0.25, 0.3) is 0 Å². The quantitative estimate of drug-likeness (QED) is 0.661. The third-order valence-corrected chi connectivity index (χ3v) is 3.43. The van der Waals surface area contributed by atoms with Crippen LogP contribution in [0.5, 0.6) is 17.2 Å². The minimum Gasteiger partial charge on any atom is -0.496 e. The number of ether oxygens (including phenoxy) is 3. The van der Waals surface area contributed by atoms with Gasteiger partial charge in [-0.05, 0) is 31.2 Å². The molecule has 2 aromatic carbocycles. The van der Waals surface area contributed by atoms with Crippen molar-refractivity contribution in [3.8, 4) is 17.2 Å². The molecular weight excluding hydrogens is 308 g/mol. The molecule has 0 atom stereocenters. The Bertz CT molecular complexity index is 787. The molecule has 0 amide bonds. The van der Waals surface area contributed by atoms with Crippen LogP contribution in [0.1, 0.15) is 17.3 Å². The van der Waals surface area contributed by atoms with Gasteiger partial charge in [0.05, 0.1) is 7.11 Å². The SMILES string of the molecule is COc1cccc(OCc2nc(COc3ccccc3)no2)c1C. The normalized spacial score (nSPS) is 10.4. The van der Waals surface area contributed by atoms with Gasteiger partial charge in [0.25, 0.3) is 5.89 Å². The molecule has 24 heavy (non-hydrogen) atoms. The number of nitrogens with zero attached hydrogens (tertiary/aromatic N) is 2. The van der Waals surface area contributed by atoms with E-state index >= 15 is 0 Å². The Morgan fingerprint density at radius 1 is 0.917 bits per heavy atom. The van der Waals surface area contributed by atoms with E-state index < -0.39 is 0 Å². The van der Waals surface area contributed by atoms with Crippen LogP contribution in [0.2, 0.25) is 0 Å². The van der Waals surface area contributed by atoms with E-state index in [1.54, 1.807) is 7.11 Å². The summed E-state index contributed by atoms with van der Waals surface area (Å²) >= 11 is 0. The van der Waals surface area contributed by atoms with Gasteiger partial charge >= 0.3 is 0 Å². The van der Waals surface area contributed by atoms with Gasteiger partial charge in [0, 0.05) is 5.56 Å². The molecule has 3 rings (SSSR count). The average molecular weight is 326 g/mol. The first kappa shape index (κ1) is 15.9. The molecule has 6 nitrogen and oxygen atoms in total. The number of benzene rings is 2. The molecule has 0 fully saturated rings. The van der Waals surface area contributed by atoms with Crippen LogP contribution in [0, 0.1) is 6.92 Å². The first-order valence-corrected chi connectivity index (χ1v) is 7.52. The van der Waals surface area contributed by atoms with Crippen molar-refractivity contribution in [3.05, 3.63) is 65.8 Å². The highest BCUT2D eigenvalue weighted by molar-refractivity contribution is 5.43. The predicted molar refractivity (Wildman–Crippen MR) is 87.1 cm³/mol. The summed E-state index contributed by atoms with van der Waals surface area (Å²) in [6.07, 6.45) is 0. The molecule has 0 N–H and O–H groups in total. The lowest BCUT2D eigenvalue weighted by molar-refractivity contribution is 0.238. The van der Waals surface area contributed by atoms with E-state index in [9.17, 15) is 0 Å². The minimum atomic E-state index is 0.187. The van der Waals surface area contributed by atoms with Crippen LogP contribution in [0.4, 0.5) is 0 Å². The van der Waals surface area contributed by atoms with Crippen molar-refractivity contribution in [1.82, 2.24) is 10.1 Å². The maximum Gasteiger partial charge on any atom is 0.264 e. The van der Waals surface area contributed by atoms with Gasteiger partial charge in [0.1, 0.15) is 17.2 Å². The lowest BCUT2D eigenvalue weighted by Gasteiger charge is -2.10. The molecule has 0 spiro atoms. The summed E-state index contributed by atoms with van der Waals surface area (Å²) < 4.78 is 21.7. The van der Waals surface area contributed by atoms with Crippen LogP contribution in [-0.4, -0.2) is 17.3 Å². The number of aromatic nitrogens is 2. The first-order chi connectivity index (χ1) is 11.8. The van der Waals surface area contributed by atoms with E-state index in [1.807, 2.05) is 55.5 Å². The zero-order chi connectivity index (χ0) is 16.8. The Morgan fingerprint density at radius 3 is 2.50 bits per heavy atom. The third-order valence-electron chi connectivity index (χ3n) is 3.43. The summed E-state index contributed by atoms with van der Waals surface area (Å²) in [5.41, 5.74) is 0.923. The molecule has 0 saturated heterocycles. The number of rotatable bonds is 7. The molecular formula is C18H18N2O4. The minimum absolute atomic E-state index is 0.187. The van der Waals surface area contributed by atoms with Crippen LogP contribution < -0.4 is 14.2 Å². The van der Waals surface area contributed by atoms with Gasteiger partial charge in [-0.15, -0.1) is 0 Å². The topological polar surface area (TPSA) is 66.6 Å². The first-order valence-electron chi connectivity index (χ1n) is 7.52. The second kappa shape index (κ2) is 7.50. The summed E-state index contributed by atoms with van der Waals surface area (Å²) in [5, 5.41) is 3.88. The van der Waals surface area contributed by atoms with Gasteiger partial charge in [-0.3, -0.25) is 0 Å². The van der Waals surface area contributed by atoms with Crippen molar-refractivity contribution >= 4 is 0 Å². The van der Waals surface area contributed by atoms with Crippen LogP contribution in [-0.2, 0) is 13.2 Å². The molecule has 0 aliphatic rings. The largest absolute Gasteiger partial charge is 0.496 e. The molecule has 6 heteroatoms. The fraction of sp³-hybridized carbons (Fsp3) is 0.222. The van der Waals surface area contributed by atoms with Gasteiger partial charge in [-0.1, -0.05) is 29.4 Å². The monoisotopic (exact) mass is 326 g/mol. The average Bonchev–Trinajstić information content (AvgIpc) is 3.08. The highest BCUT2D eigenvalue weighted by Crippen LogP contribution is 2.27. The molecule has 0 unspecified atom stereocenters.